The lowest BCUT2D eigenvalue weighted by molar-refractivity contribution is 0.338. The summed E-state index contributed by atoms with van der Waals surface area (Å²) in [5.41, 5.74) is 1.94. The number of hydrogen-bond acceptors (Lipinski definition) is 2. The fourth-order valence-electron chi connectivity index (χ4n) is 0.975. The lowest BCUT2D eigenvalue weighted by atomic mass is 10.1. The van der Waals surface area contributed by atoms with Gasteiger partial charge in [0.25, 0.3) is 8.32 Å². The second kappa shape index (κ2) is 4.93. The number of allylic oxidation sites excluding steroid dienone is 1. The highest BCUT2D eigenvalue weighted by Gasteiger charge is 2.15. The minimum atomic E-state index is -1.56. The molecule has 0 saturated carbocycles. The molecule has 0 bridgehead atoms. The molecular formula is C12H17NOSi. The van der Waals surface area contributed by atoms with Crippen LogP contribution in [0.25, 0.3) is 5.57 Å². The molecule has 2 nitrogen and oxygen atoms in total. The summed E-state index contributed by atoms with van der Waals surface area (Å²) >= 11 is 0. The molecule has 3 heteroatoms. The van der Waals surface area contributed by atoms with E-state index in [2.05, 4.69) is 31.4 Å². The number of oxime groups is 1. The van der Waals surface area contributed by atoms with Crippen LogP contribution in [0.1, 0.15) is 5.56 Å². The molecule has 1 aromatic carbocycles. The van der Waals surface area contributed by atoms with Crippen molar-refractivity contribution in [3.05, 3.63) is 42.5 Å². The Labute approximate surface area is 92.4 Å². The Morgan fingerprint density at radius 1 is 1.27 bits per heavy atom. The lowest BCUT2D eigenvalue weighted by Gasteiger charge is -2.12. The van der Waals surface area contributed by atoms with Crippen LogP contribution in [-0.2, 0) is 4.53 Å². The van der Waals surface area contributed by atoms with Gasteiger partial charge in [0.2, 0.25) is 0 Å². The van der Waals surface area contributed by atoms with Gasteiger partial charge in [-0.2, -0.15) is 0 Å². The van der Waals surface area contributed by atoms with Gasteiger partial charge in [0, 0.05) is 0 Å². The number of nitrogens with zero attached hydrogens (tertiary/aromatic N) is 1. The normalized spacial score (nSPS) is 11.7. The summed E-state index contributed by atoms with van der Waals surface area (Å²) in [6, 6.07) is 9.94. The maximum atomic E-state index is 5.37. The summed E-state index contributed by atoms with van der Waals surface area (Å²) in [4.78, 5) is 0. The molecule has 0 aliphatic carbocycles. The van der Waals surface area contributed by atoms with Crippen LogP contribution in [0.3, 0.4) is 0 Å². The minimum Gasteiger partial charge on any atom is -0.456 e. The van der Waals surface area contributed by atoms with Crippen LogP contribution in [0, 0.1) is 0 Å². The molecule has 0 spiro atoms. The Morgan fingerprint density at radius 3 is 2.40 bits per heavy atom. The maximum absolute atomic E-state index is 5.37. The van der Waals surface area contributed by atoms with Gasteiger partial charge in [-0.1, -0.05) is 36.9 Å². The summed E-state index contributed by atoms with van der Waals surface area (Å²) in [6.45, 7) is 10.2. The zero-order chi connectivity index (χ0) is 11.3. The first-order chi connectivity index (χ1) is 6.99. The van der Waals surface area contributed by atoms with E-state index >= 15 is 0 Å². The van der Waals surface area contributed by atoms with Crippen molar-refractivity contribution < 1.29 is 4.53 Å². The molecule has 1 rings (SSSR count). The predicted octanol–water partition coefficient (Wildman–Crippen LogP) is 3.54. The standard InChI is InChI=1S/C12H17NOSi/c1-11(10-13-14-15(2,3)4)12-8-6-5-7-9-12/h5-10H,1H2,2-4H3/b13-10+. The third-order valence-electron chi connectivity index (χ3n) is 1.68. The van der Waals surface area contributed by atoms with Gasteiger partial charge in [-0.15, -0.1) is 5.16 Å². The van der Waals surface area contributed by atoms with Crippen molar-refractivity contribution in [3.8, 4) is 0 Å². The Hall–Kier alpha value is -1.35. The zero-order valence-corrected chi connectivity index (χ0v) is 10.5. The van der Waals surface area contributed by atoms with E-state index < -0.39 is 8.32 Å². The number of benzene rings is 1. The van der Waals surface area contributed by atoms with E-state index in [1.165, 1.54) is 0 Å². The van der Waals surface area contributed by atoms with Crippen LogP contribution < -0.4 is 0 Å². The highest BCUT2D eigenvalue weighted by atomic mass is 28.4. The molecule has 15 heavy (non-hydrogen) atoms. The van der Waals surface area contributed by atoms with Crippen molar-refractivity contribution in [2.24, 2.45) is 5.16 Å². The molecule has 0 N–H and O–H groups in total. The molecular weight excluding hydrogens is 202 g/mol. The average molecular weight is 219 g/mol. The highest BCUT2D eigenvalue weighted by Crippen LogP contribution is 2.10. The second-order valence-corrected chi connectivity index (χ2v) is 8.74. The minimum absolute atomic E-state index is 0.869. The van der Waals surface area contributed by atoms with Crippen molar-refractivity contribution in [3.63, 3.8) is 0 Å². The largest absolute Gasteiger partial charge is 0.456 e. The molecule has 0 amide bonds. The van der Waals surface area contributed by atoms with E-state index in [4.69, 9.17) is 4.53 Å². The van der Waals surface area contributed by atoms with Gasteiger partial charge in [-0.25, -0.2) is 0 Å². The number of hydrogen-bond donors (Lipinski definition) is 0. The van der Waals surface area contributed by atoms with Crippen LogP contribution in [0.5, 0.6) is 0 Å². The first-order valence-corrected chi connectivity index (χ1v) is 8.36. The molecule has 0 atom stereocenters. The summed E-state index contributed by atoms with van der Waals surface area (Å²) in [5.74, 6) is 0. The fraction of sp³-hybridized carbons (Fsp3) is 0.250. The zero-order valence-electron chi connectivity index (χ0n) is 9.53. The topological polar surface area (TPSA) is 21.6 Å². The lowest BCUT2D eigenvalue weighted by Crippen LogP contribution is -2.22. The molecule has 80 valence electrons. The second-order valence-electron chi connectivity index (χ2n) is 4.33. The quantitative estimate of drug-likeness (QED) is 0.431. The van der Waals surface area contributed by atoms with E-state index in [9.17, 15) is 0 Å². The van der Waals surface area contributed by atoms with Crippen LogP contribution in [0.2, 0.25) is 19.6 Å². The first kappa shape index (κ1) is 11.7. The smallest absolute Gasteiger partial charge is 0.278 e. The Bertz CT molecular complexity index is 352. The van der Waals surface area contributed by atoms with Crippen molar-refractivity contribution >= 4 is 20.1 Å². The van der Waals surface area contributed by atoms with Gasteiger partial charge in [0.15, 0.2) is 0 Å². The Balaban J connectivity index is 2.57. The van der Waals surface area contributed by atoms with Crippen molar-refractivity contribution in [1.29, 1.82) is 0 Å². The van der Waals surface area contributed by atoms with Gasteiger partial charge >= 0.3 is 0 Å². The van der Waals surface area contributed by atoms with E-state index in [1.807, 2.05) is 30.3 Å². The summed E-state index contributed by atoms with van der Waals surface area (Å²) in [7, 11) is -1.56. The molecule has 0 radical (unpaired) electrons. The Kier molecular flexibility index (Phi) is 3.86. The highest BCUT2D eigenvalue weighted by molar-refractivity contribution is 6.69. The molecule has 0 fully saturated rings. The van der Waals surface area contributed by atoms with Crippen LogP contribution in [0.4, 0.5) is 0 Å². The van der Waals surface area contributed by atoms with Gasteiger partial charge < -0.3 is 4.53 Å². The van der Waals surface area contributed by atoms with E-state index in [0.29, 0.717) is 0 Å². The SMILES string of the molecule is C=C(/C=N/O[Si](C)(C)C)c1ccccc1. The van der Waals surface area contributed by atoms with Crippen molar-refractivity contribution in [1.82, 2.24) is 0 Å². The van der Waals surface area contributed by atoms with Crippen LogP contribution in [-0.4, -0.2) is 14.5 Å². The third kappa shape index (κ3) is 4.60. The monoisotopic (exact) mass is 219 g/mol. The van der Waals surface area contributed by atoms with E-state index in [0.717, 1.165) is 11.1 Å². The summed E-state index contributed by atoms with van der Waals surface area (Å²) in [6.07, 6.45) is 1.67. The Morgan fingerprint density at radius 2 is 1.87 bits per heavy atom. The van der Waals surface area contributed by atoms with Crippen LogP contribution >= 0.6 is 0 Å². The van der Waals surface area contributed by atoms with Gasteiger partial charge in [0.1, 0.15) is 0 Å². The number of rotatable bonds is 4. The average Bonchev–Trinajstić information content (AvgIpc) is 2.17. The molecule has 0 aromatic heterocycles. The fourth-order valence-corrected chi connectivity index (χ4v) is 1.34. The van der Waals surface area contributed by atoms with Gasteiger partial charge in [-0.05, 0) is 30.8 Å². The van der Waals surface area contributed by atoms with Crippen LogP contribution in [0.15, 0.2) is 42.1 Å². The van der Waals surface area contributed by atoms with Crippen molar-refractivity contribution in [2.75, 3.05) is 0 Å². The molecule has 0 unspecified atom stereocenters. The molecule has 0 saturated heterocycles. The molecule has 1 aromatic rings. The van der Waals surface area contributed by atoms with Gasteiger partial charge in [-0.3, -0.25) is 0 Å². The van der Waals surface area contributed by atoms with E-state index in [1.54, 1.807) is 6.21 Å². The maximum Gasteiger partial charge on any atom is 0.278 e. The predicted molar refractivity (Wildman–Crippen MR) is 68.4 cm³/mol. The molecule has 0 heterocycles. The summed E-state index contributed by atoms with van der Waals surface area (Å²) < 4.78 is 5.37. The third-order valence-corrected chi connectivity index (χ3v) is 2.33. The summed E-state index contributed by atoms with van der Waals surface area (Å²) in [5, 5.41) is 3.96. The van der Waals surface area contributed by atoms with Gasteiger partial charge in [0.05, 0.1) is 6.21 Å². The molecule has 0 aliphatic heterocycles. The first-order valence-electron chi connectivity index (χ1n) is 4.95. The van der Waals surface area contributed by atoms with E-state index in [-0.39, 0.29) is 0 Å². The molecule has 0 aliphatic rings. The van der Waals surface area contributed by atoms with Crippen molar-refractivity contribution in [2.45, 2.75) is 19.6 Å².